The van der Waals surface area contributed by atoms with Crippen LogP contribution in [-0.2, 0) is 11.3 Å². The van der Waals surface area contributed by atoms with Crippen molar-refractivity contribution in [3.63, 3.8) is 0 Å². The van der Waals surface area contributed by atoms with E-state index in [2.05, 4.69) is 6.58 Å². The average molecular weight is 252 g/mol. The Hall–Kier alpha value is -1.13. The van der Waals surface area contributed by atoms with E-state index in [1.54, 1.807) is 17.4 Å². The van der Waals surface area contributed by atoms with Crippen molar-refractivity contribution in [3.8, 4) is 0 Å². The maximum atomic E-state index is 12.2. The van der Waals surface area contributed by atoms with Gasteiger partial charge in [0.25, 0.3) is 0 Å². The number of nitrogens with two attached hydrogens (primary N) is 1. The molecule has 1 rings (SSSR count). The molecule has 0 radical (unpaired) electrons. The zero-order chi connectivity index (χ0) is 12.8. The monoisotopic (exact) mass is 252 g/mol. The summed E-state index contributed by atoms with van der Waals surface area (Å²) in [6.07, 6.45) is 2.21. The number of nitrogens with zero attached hydrogens (tertiary/aromatic N) is 1. The molecule has 0 aliphatic carbocycles. The molecule has 3 nitrogen and oxygen atoms in total. The summed E-state index contributed by atoms with van der Waals surface area (Å²) in [6.45, 7) is 8.26. The third kappa shape index (κ3) is 3.98. The van der Waals surface area contributed by atoms with Crippen molar-refractivity contribution in [2.24, 2.45) is 5.73 Å². The zero-order valence-electron chi connectivity index (χ0n) is 10.4. The number of thiophene rings is 1. The molecule has 4 heteroatoms. The van der Waals surface area contributed by atoms with Gasteiger partial charge in [-0.05, 0) is 31.7 Å². The van der Waals surface area contributed by atoms with Crippen LogP contribution in [-0.4, -0.2) is 22.9 Å². The SMILES string of the molecule is C=CCC(N)C(=O)N(Cc1cccs1)C(C)C. The van der Waals surface area contributed by atoms with Crippen molar-refractivity contribution >= 4 is 17.2 Å². The molecule has 94 valence electrons. The van der Waals surface area contributed by atoms with Crippen LogP contribution in [0.25, 0.3) is 0 Å². The summed E-state index contributed by atoms with van der Waals surface area (Å²) in [4.78, 5) is 15.2. The van der Waals surface area contributed by atoms with Crippen molar-refractivity contribution in [2.75, 3.05) is 0 Å². The number of rotatable bonds is 6. The molecule has 0 bridgehead atoms. The van der Waals surface area contributed by atoms with E-state index in [1.807, 2.05) is 36.3 Å². The van der Waals surface area contributed by atoms with Crippen molar-refractivity contribution in [1.29, 1.82) is 0 Å². The summed E-state index contributed by atoms with van der Waals surface area (Å²) in [5.74, 6) is -0.00620. The molecule has 1 aromatic heterocycles. The fourth-order valence-electron chi connectivity index (χ4n) is 1.58. The second-order valence-corrected chi connectivity index (χ2v) is 5.30. The molecule has 0 fully saturated rings. The Morgan fingerprint density at radius 2 is 2.35 bits per heavy atom. The molecule has 1 heterocycles. The molecule has 0 saturated heterocycles. The summed E-state index contributed by atoms with van der Waals surface area (Å²) in [5, 5.41) is 2.02. The fourth-order valence-corrected chi connectivity index (χ4v) is 2.28. The minimum Gasteiger partial charge on any atom is -0.334 e. The molecule has 2 N–H and O–H groups in total. The van der Waals surface area contributed by atoms with Crippen molar-refractivity contribution in [2.45, 2.75) is 38.9 Å². The summed E-state index contributed by atoms with van der Waals surface area (Å²) in [6, 6.07) is 3.70. The average Bonchev–Trinajstić information content (AvgIpc) is 2.77. The van der Waals surface area contributed by atoms with Crippen LogP contribution < -0.4 is 5.73 Å². The van der Waals surface area contributed by atoms with E-state index in [-0.39, 0.29) is 11.9 Å². The van der Waals surface area contributed by atoms with Crippen LogP contribution in [0.15, 0.2) is 30.2 Å². The van der Waals surface area contributed by atoms with Crippen LogP contribution in [0.4, 0.5) is 0 Å². The van der Waals surface area contributed by atoms with Crippen LogP contribution in [0.2, 0.25) is 0 Å². The summed E-state index contributed by atoms with van der Waals surface area (Å²) < 4.78 is 0. The Morgan fingerprint density at radius 1 is 1.65 bits per heavy atom. The molecule has 1 unspecified atom stereocenters. The van der Waals surface area contributed by atoms with Gasteiger partial charge >= 0.3 is 0 Å². The Kier molecular flexibility index (Phi) is 5.38. The Morgan fingerprint density at radius 3 is 2.82 bits per heavy atom. The van der Waals surface area contributed by atoms with E-state index in [0.29, 0.717) is 13.0 Å². The second kappa shape index (κ2) is 6.57. The van der Waals surface area contributed by atoms with Gasteiger partial charge < -0.3 is 10.6 Å². The molecule has 0 aliphatic rings. The summed E-state index contributed by atoms with van der Waals surface area (Å²) >= 11 is 1.66. The number of hydrogen-bond donors (Lipinski definition) is 1. The van der Waals surface area contributed by atoms with Gasteiger partial charge in [-0.15, -0.1) is 17.9 Å². The van der Waals surface area contributed by atoms with Gasteiger partial charge in [-0.1, -0.05) is 12.1 Å². The van der Waals surface area contributed by atoms with Gasteiger partial charge in [-0.25, -0.2) is 0 Å². The van der Waals surface area contributed by atoms with Crippen LogP contribution in [0.3, 0.4) is 0 Å². The zero-order valence-corrected chi connectivity index (χ0v) is 11.2. The molecule has 0 aromatic carbocycles. The molecular weight excluding hydrogens is 232 g/mol. The van der Waals surface area contributed by atoms with Crippen LogP contribution in [0, 0.1) is 0 Å². The lowest BCUT2D eigenvalue weighted by Crippen LogP contribution is -2.46. The first kappa shape index (κ1) is 13.9. The lowest BCUT2D eigenvalue weighted by Gasteiger charge is -2.28. The van der Waals surface area contributed by atoms with Crippen molar-refractivity contribution in [3.05, 3.63) is 35.0 Å². The quantitative estimate of drug-likeness (QED) is 0.790. The fraction of sp³-hybridized carbons (Fsp3) is 0.462. The summed E-state index contributed by atoms with van der Waals surface area (Å²) in [7, 11) is 0. The van der Waals surface area contributed by atoms with Gasteiger partial charge in [-0.3, -0.25) is 4.79 Å². The molecular formula is C13H20N2OS. The minimum absolute atomic E-state index is 0.00620. The van der Waals surface area contributed by atoms with Crippen LogP contribution in [0.1, 0.15) is 25.1 Å². The predicted molar refractivity (Wildman–Crippen MR) is 72.8 cm³/mol. The first-order chi connectivity index (χ1) is 8.06. The molecule has 1 atom stereocenters. The molecule has 1 aromatic rings. The first-order valence-corrected chi connectivity index (χ1v) is 6.63. The van der Waals surface area contributed by atoms with Crippen LogP contribution >= 0.6 is 11.3 Å². The number of carbonyl (C=O) groups excluding carboxylic acids is 1. The maximum Gasteiger partial charge on any atom is 0.240 e. The third-order valence-corrected chi connectivity index (χ3v) is 3.41. The lowest BCUT2D eigenvalue weighted by atomic mass is 10.1. The lowest BCUT2D eigenvalue weighted by molar-refractivity contribution is -0.134. The molecule has 1 amide bonds. The van der Waals surface area contributed by atoms with Gasteiger partial charge in [0, 0.05) is 10.9 Å². The highest BCUT2D eigenvalue weighted by molar-refractivity contribution is 7.09. The Balaban J connectivity index is 2.71. The molecule has 0 spiro atoms. The van der Waals surface area contributed by atoms with E-state index in [0.717, 1.165) is 0 Å². The van der Waals surface area contributed by atoms with E-state index < -0.39 is 6.04 Å². The van der Waals surface area contributed by atoms with Crippen molar-refractivity contribution in [1.82, 2.24) is 4.90 Å². The standard InChI is InChI=1S/C13H20N2OS/c1-4-6-12(14)13(16)15(10(2)3)9-11-7-5-8-17-11/h4-5,7-8,10,12H,1,6,9,14H2,2-3H3. The first-order valence-electron chi connectivity index (χ1n) is 5.75. The normalized spacial score (nSPS) is 12.5. The number of amides is 1. The van der Waals surface area contributed by atoms with Gasteiger partial charge in [0.05, 0.1) is 12.6 Å². The van der Waals surface area contributed by atoms with Crippen LogP contribution in [0.5, 0.6) is 0 Å². The maximum absolute atomic E-state index is 12.2. The molecule has 0 aliphatic heterocycles. The third-order valence-electron chi connectivity index (χ3n) is 2.55. The van der Waals surface area contributed by atoms with E-state index in [9.17, 15) is 4.79 Å². The van der Waals surface area contributed by atoms with Gasteiger partial charge in [0.15, 0.2) is 0 Å². The van der Waals surface area contributed by atoms with Crippen molar-refractivity contribution < 1.29 is 4.79 Å². The molecule has 17 heavy (non-hydrogen) atoms. The topological polar surface area (TPSA) is 46.3 Å². The molecule has 0 saturated carbocycles. The summed E-state index contributed by atoms with van der Waals surface area (Å²) in [5.41, 5.74) is 5.84. The van der Waals surface area contributed by atoms with E-state index in [1.165, 1.54) is 4.88 Å². The smallest absolute Gasteiger partial charge is 0.240 e. The Labute approximate surface area is 107 Å². The van der Waals surface area contributed by atoms with Gasteiger partial charge in [-0.2, -0.15) is 0 Å². The Bertz CT molecular complexity index is 360. The number of carbonyl (C=O) groups is 1. The second-order valence-electron chi connectivity index (χ2n) is 4.27. The minimum atomic E-state index is -0.477. The van der Waals surface area contributed by atoms with Gasteiger partial charge in [0.2, 0.25) is 5.91 Å². The highest BCUT2D eigenvalue weighted by atomic mass is 32.1. The van der Waals surface area contributed by atoms with Gasteiger partial charge in [0.1, 0.15) is 0 Å². The number of hydrogen-bond acceptors (Lipinski definition) is 3. The largest absolute Gasteiger partial charge is 0.334 e. The predicted octanol–water partition coefficient (Wildman–Crippen LogP) is 2.39. The van der Waals surface area contributed by atoms with E-state index in [4.69, 9.17) is 5.73 Å². The van der Waals surface area contributed by atoms with E-state index >= 15 is 0 Å². The highest BCUT2D eigenvalue weighted by Gasteiger charge is 2.22. The highest BCUT2D eigenvalue weighted by Crippen LogP contribution is 2.15.